The van der Waals surface area contributed by atoms with E-state index in [2.05, 4.69) is 21.2 Å². The summed E-state index contributed by atoms with van der Waals surface area (Å²) in [5.74, 6) is 0. The average Bonchev–Trinajstić information content (AvgIpc) is 2.30. The second-order valence-electron chi connectivity index (χ2n) is 3.70. The van der Waals surface area contributed by atoms with Crippen molar-refractivity contribution in [3.63, 3.8) is 0 Å². The molecule has 1 aromatic carbocycles. The lowest BCUT2D eigenvalue weighted by Crippen LogP contribution is -2.16. The van der Waals surface area contributed by atoms with Crippen LogP contribution in [0.25, 0.3) is 0 Å². The number of nitrogens with one attached hydrogen (secondary N) is 1. The van der Waals surface area contributed by atoms with Gasteiger partial charge in [-0.3, -0.25) is 10.1 Å². The van der Waals surface area contributed by atoms with Gasteiger partial charge in [0.15, 0.2) is 0 Å². The molecule has 0 heterocycles. The Kier molecular flexibility index (Phi) is 6.10. The Bertz CT molecular complexity index is 385. The molecule has 0 saturated heterocycles. The van der Waals surface area contributed by atoms with Crippen LogP contribution in [0.4, 0.5) is 5.69 Å². The van der Waals surface area contributed by atoms with Gasteiger partial charge in [0.2, 0.25) is 0 Å². The number of halogens is 1. The van der Waals surface area contributed by atoms with Gasteiger partial charge in [0.05, 0.1) is 4.92 Å². The lowest BCUT2D eigenvalue weighted by Gasteiger charge is -2.05. The van der Waals surface area contributed by atoms with Gasteiger partial charge in [0.1, 0.15) is 0 Å². The smallest absolute Gasteiger partial charge is 0.275 e. The number of nitro benzene ring substituents is 1. The van der Waals surface area contributed by atoms with E-state index in [9.17, 15) is 10.1 Å². The molecule has 0 atom stereocenters. The lowest BCUT2D eigenvalue weighted by atomic mass is 10.2. The maximum Gasteiger partial charge on any atom is 0.275 e. The molecule has 17 heavy (non-hydrogen) atoms. The number of rotatable bonds is 7. The molecule has 0 aliphatic carbocycles. The summed E-state index contributed by atoms with van der Waals surface area (Å²) < 4.78 is 0.719. The van der Waals surface area contributed by atoms with Crippen LogP contribution in [0.2, 0.25) is 0 Å². The molecular formula is C11H16BrN3O2. The maximum absolute atomic E-state index is 10.8. The summed E-state index contributed by atoms with van der Waals surface area (Å²) in [7, 11) is 0. The Labute approximate surface area is 109 Å². The quantitative estimate of drug-likeness (QED) is 0.459. The van der Waals surface area contributed by atoms with Crippen molar-refractivity contribution < 1.29 is 4.92 Å². The molecule has 0 radical (unpaired) electrons. The fraction of sp³-hybridized carbons (Fsp3) is 0.455. The lowest BCUT2D eigenvalue weighted by molar-refractivity contribution is -0.385. The Morgan fingerprint density at radius 1 is 1.41 bits per heavy atom. The van der Waals surface area contributed by atoms with Crippen LogP contribution in [0, 0.1) is 10.1 Å². The predicted octanol–water partition coefficient (Wildman–Crippen LogP) is 2.19. The Morgan fingerprint density at radius 2 is 2.18 bits per heavy atom. The topological polar surface area (TPSA) is 81.2 Å². The summed E-state index contributed by atoms with van der Waals surface area (Å²) in [4.78, 5) is 10.5. The summed E-state index contributed by atoms with van der Waals surface area (Å²) in [6, 6.07) is 5.10. The summed E-state index contributed by atoms with van der Waals surface area (Å²) in [6.07, 6.45) is 1.95. The molecule has 0 unspecified atom stereocenters. The number of nitro groups is 1. The summed E-state index contributed by atoms with van der Waals surface area (Å²) in [5, 5.41) is 14.0. The van der Waals surface area contributed by atoms with Crippen molar-refractivity contribution in [2.75, 3.05) is 13.1 Å². The van der Waals surface area contributed by atoms with Gasteiger partial charge in [-0.2, -0.15) is 0 Å². The molecule has 3 N–H and O–H groups in total. The molecule has 1 rings (SSSR count). The molecule has 0 aliphatic heterocycles. The predicted molar refractivity (Wildman–Crippen MR) is 70.8 cm³/mol. The third kappa shape index (κ3) is 4.80. The summed E-state index contributed by atoms with van der Waals surface area (Å²) in [6.45, 7) is 2.01. The zero-order valence-corrected chi connectivity index (χ0v) is 11.1. The van der Waals surface area contributed by atoms with Gasteiger partial charge in [0, 0.05) is 22.6 Å². The Morgan fingerprint density at radius 3 is 2.82 bits per heavy atom. The number of hydrogen-bond donors (Lipinski definition) is 2. The second kappa shape index (κ2) is 7.37. The highest BCUT2D eigenvalue weighted by Crippen LogP contribution is 2.23. The molecule has 0 saturated carbocycles. The van der Waals surface area contributed by atoms with Crippen LogP contribution >= 0.6 is 15.9 Å². The first-order valence-corrected chi connectivity index (χ1v) is 6.28. The van der Waals surface area contributed by atoms with Crippen molar-refractivity contribution in [3.05, 3.63) is 38.3 Å². The molecule has 94 valence electrons. The highest BCUT2D eigenvalue weighted by Gasteiger charge is 2.13. The zero-order chi connectivity index (χ0) is 12.7. The number of nitrogens with zero attached hydrogens (tertiary/aromatic N) is 1. The van der Waals surface area contributed by atoms with E-state index < -0.39 is 0 Å². The first-order valence-electron chi connectivity index (χ1n) is 5.48. The average molecular weight is 302 g/mol. The highest BCUT2D eigenvalue weighted by molar-refractivity contribution is 9.10. The SMILES string of the molecule is NCCCCNCc1ccc(Br)cc1[N+](=O)[O-]. The van der Waals surface area contributed by atoms with Gasteiger partial charge >= 0.3 is 0 Å². The molecule has 5 nitrogen and oxygen atoms in total. The van der Waals surface area contributed by atoms with Crippen LogP contribution in [0.1, 0.15) is 18.4 Å². The molecule has 0 aromatic heterocycles. The van der Waals surface area contributed by atoms with Gasteiger partial charge in [-0.05, 0) is 38.1 Å². The molecule has 0 aliphatic rings. The number of unbranched alkanes of at least 4 members (excludes halogenated alkanes) is 1. The van der Waals surface area contributed by atoms with Crippen LogP contribution < -0.4 is 11.1 Å². The molecular weight excluding hydrogens is 286 g/mol. The normalized spacial score (nSPS) is 10.5. The molecule has 6 heteroatoms. The summed E-state index contributed by atoms with van der Waals surface area (Å²) >= 11 is 3.23. The van der Waals surface area contributed by atoms with E-state index in [-0.39, 0.29) is 10.6 Å². The van der Waals surface area contributed by atoms with Crippen LogP contribution in [-0.4, -0.2) is 18.0 Å². The third-order valence-corrected chi connectivity index (χ3v) is 2.86. The highest BCUT2D eigenvalue weighted by atomic mass is 79.9. The first-order chi connectivity index (χ1) is 8.15. The molecule has 0 spiro atoms. The van der Waals surface area contributed by atoms with Gasteiger partial charge in [-0.25, -0.2) is 0 Å². The fourth-order valence-electron chi connectivity index (χ4n) is 1.47. The zero-order valence-electron chi connectivity index (χ0n) is 9.49. The third-order valence-electron chi connectivity index (χ3n) is 2.37. The van der Waals surface area contributed by atoms with E-state index in [1.54, 1.807) is 6.07 Å². The van der Waals surface area contributed by atoms with Crippen molar-refractivity contribution in [1.29, 1.82) is 0 Å². The van der Waals surface area contributed by atoms with Crippen molar-refractivity contribution in [2.24, 2.45) is 5.73 Å². The van der Waals surface area contributed by atoms with E-state index in [0.717, 1.165) is 23.9 Å². The van der Waals surface area contributed by atoms with Gasteiger partial charge in [-0.1, -0.05) is 15.9 Å². The molecule has 0 bridgehead atoms. The second-order valence-corrected chi connectivity index (χ2v) is 4.62. The maximum atomic E-state index is 10.8. The van der Waals surface area contributed by atoms with Gasteiger partial charge in [0.25, 0.3) is 5.69 Å². The van der Waals surface area contributed by atoms with Crippen LogP contribution in [0.15, 0.2) is 22.7 Å². The van der Waals surface area contributed by atoms with Gasteiger partial charge in [-0.15, -0.1) is 0 Å². The molecule has 0 amide bonds. The molecule has 1 aromatic rings. The standard InChI is InChI=1S/C11H16BrN3O2/c12-10-4-3-9(11(7-10)15(16)17)8-14-6-2-1-5-13/h3-4,7,14H,1-2,5-6,8,13H2. The van der Waals surface area contributed by atoms with Crippen molar-refractivity contribution in [1.82, 2.24) is 5.32 Å². The largest absolute Gasteiger partial charge is 0.330 e. The first kappa shape index (κ1) is 14.1. The number of benzene rings is 1. The van der Waals surface area contributed by atoms with Crippen LogP contribution in [0.3, 0.4) is 0 Å². The fourth-order valence-corrected chi connectivity index (χ4v) is 1.82. The van der Waals surface area contributed by atoms with E-state index in [1.807, 2.05) is 6.07 Å². The van der Waals surface area contributed by atoms with E-state index in [4.69, 9.17) is 5.73 Å². The summed E-state index contributed by atoms with van der Waals surface area (Å²) in [5.41, 5.74) is 6.22. The van der Waals surface area contributed by atoms with Crippen molar-refractivity contribution in [2.45, 2.75) is 19.4 Å². The monoisotopic (exact) mass is 301 g/mol. The van der Waals surface area contributed by atoms with Gasteiger partial charge < -0.3 is 11.1 Å². The van der Waals surface area contributed by atoms with Crippen LogP contribution in [0.5, 0.6) is 0 Å². The van der Waals surface area contributed by atoms with Crippen molar-refractivity contribution >= 4 is 21.6 Å². The van der Waals surface area contributed by atoms with Crippen molar-refractivity contribution in [3.8, 4) is 0 Å². The van der Waals surface area contributed by atoms with E-state index >= 15 is 0 Å². The van der Waals surface area contributed by atoms with Crippen LogP contribution in [-0.2, 0) is 6.54 Å². The Hall–Kier alpha value is -0.980. The minimum absolute atomic E-state index is 0.144. The van der Waals surface area contributed by atoms with E-state index in [1.165, 1.54) is 6.07 Å². The minimum Gasteiger partial charge on any atom is -0.330 e. The Balaban J connectivity index is 2.55. The minimum atomic E-state index is -0.359. The molecule has 0 fully saturated rings. The number of nitrogens with two attached hydrogens (primary N) is 1. The number of hydrogen-bond acceptors (Lipinski definition) is 4. The van der Waals surface area contributed by atoms with E-state index in [0.29, 0.717) is 18.7 Å².